The lowest BCUT2D eigenvalue weighted by Gasteiger charge is -2.07. The molecule has 0 spiro atoms. The fourth-order valence-electron chi connectivity index (χ4n) is 1.39. The lowest BCUT2D eigenvalue weighted by atomic mass is 10.2. The Labute approximate surface area is 111 Å². The van der Waals surface area contributed by atoms with Gasteiger partial charge in [0.1, 0.15) is 0 Å². The van der Waals surface area contributed by atoms with Crippen molar-refractivity contribution in [1.82, 2.24) is 4.98 Å². The van der Waals surface area contributed by atoms with E-state index in [2.05, 4.69) is 9.71 Å². The molecule has 0 amide bonds. The fourth-order valence-corrected chi connectivity index (χ4v) is 2.62. The highest BCUT2D eigenvalue weighted by molar-refractivity contribution is 7.92. The van der Waals surface area contributed by atoms with Gasteiger partial charge in [0.2, 0.25) is 0 Å². The quantitative estimate of drug-likeness (QED) is 0.877. The van der Waals surface area contributed by atoms with Gasteiger partial charge in [-0.15, -0.1) is 11.6 Å². The predicted molar refractivity (Wildman–Crippen MR) is 71.0 cm³/mol. The number of anilines is 1. The van der Waals surface area contributed by atoms with Crippen LogP contribution in [0.4, 0.5) is 5.69 Å². The number of alkyl halides is 1. The molecule has 1 N–H and O–H groups in total. The Hall–Kier alpha value is -1.59. The number of aromatic nitrogens is 1. The van der Waals surface area contributed by atoms with Gasteiger partial charge in [-0.25, -0.2) is 8.42 Å². The summed E-state index contributed by atoms with van der Waals surface area (Å²) in [5.74, 6) is 0.358. The van der Waals surface area contributed by atoms with Crippen molar-refractivity contribution in [3.63, 3.8) is 0 Å². The van der Waals surface area contributed by atoms with Gasteiger partial charge in [0.05, 0.1) is 16.8 Å². The number of nitrogens with zero attached hydrogens (tertiary/aromatic N) is 1. The van der Waals surface area contributed by atoms with Crippen LogP contribution in [0.2, 0.25) is 0 Å². The minimum Gasteiger partial charge on any atom is -0.278 e. The third-order valence-electron chi connectivity index (χ3n) is 2.30. The first-order chi connectivity index (χ1) is 8.62. The van der Waals surface area contributed by atoms with Gasteiger partial charge in [0.25, 0.3) is 10.0 Å². The Balaban J connectivity index is 2.25. The van der Waals surface area contributed by atoms with E-state index in [-0.39, 0.29) is 4.90 Å². The van der Waals surface area contributed by atoms with Gasteiger partial charge in [0, 0.05) is 12.1 Å². The zero-order chi connectivity index (χ0) is 13.0. The van der Waals surface area contributed by atoms with E-state index in [0.29, 0.717) is 11.6 Å². The van der Waals surface area contributed by atoms with Crippen LogP contribution in [-0.2, 0) is 15.9 Å². The number of hydrogen-bond donors (Lipinski definition) is 1. The van der Waals surface area contributed by atoms with Crippen molar-refractivity contribution in [2.45, 2.75) is 10.8 Å². The average Bonchev–Trinajstić information content (AvgIpc) is 2.39. The molecule has 1 aromatic carbocycles. The molecule has 18 heavy (non-hydrogen) atoms. The SMILES string of the molecule is O=S(=O)(Nc1cccnc1)c1ccc(CCl)cc1. The highest BCUT2D eigenvalue weighted by Gasteiger charge is 2.13. The number of sulfonamides is 1. The van der Waals surface area contributed by atoms with E-state index in [1.54, 1.807) is 30.5 Å². The second-order valence-electron chi connectivity index (χ2n) is 3.62. The molecule has 0 radical (unpaired) electrons. The Morgan fingerprint density at radius 3 is 2.44 bits per heavy atom. The van der Waals surface area contributed by atoms with Gasteiger partial charge in [-0.05, 0) is 29.8 Å². The number of hydrogen-bond acceptors (Lipinski definition) is 3. The number of rotatable bonds is 4. The highest BCUT2D eigenvalue weighted by atomic mass is 35.5. The molecule has 0 aliphatic carbocycles. The molecule has 0 aliphatic heterocycles. The van der Waals surface area contributed by atoms with Crippen molar-refractivity contribution in [2.24, 2.45) is 0 Å². The summed E-state index contributed by atoms with van der Waals surface area (Å²) in [6, 6.07) is 9.72. The van der Waals surface area contributed by atoms with Crippen LogP contribution < -0.4 is 4.72 Å². The van der Waals surface area contributed by atoms with Crippen LogP contribution in [-0.4, -0.2) is 13.4 Å². The number of benzene rings is 1. The van der Waals surface area contributed by atoms with Gasteiger partial charge < -0.3 is 0 Å². The zero-order valence-electron chi connectivity index (χ0n) is 9.38. The van der Waals surface area contributed by atoms with Crippen molar-refractivity contribution in [2.75, 3.05) is 4.72 Å². The summed E-state index contributed by atoms with van der Waals surface area (Å²) in [5, 5.41) is 0. The van der Waals surface area contributed by atoms with E-state index in [0.717, 1.165) is 5.56 Å². The lowest BCUT2D eigenvalue weighted by molar-refractivity contribution is 0.601. The topological polar surface area (TPSA) is 59.1 Å². The van der Waals surface area contributed by atoms with E-state index < -0.39 is 10.0 Å². The molecule has 1 aromatic heterocycles. The molecule has 0 atom stereocenters. The second kappa shape index (κ2) is 5.37. The maximum atomic E-state index is 12.0. The number of halogens is 1. The minimum atomic E-state index is -3.57. The van der Waals surface area contributed by atoms with Crippen LogP contribution in [0.15, 0.2) is 53.7 Å². The van der Waals surface area contributed by atoms with Crippen LogP contribution in [0, 0.1) is 0 Å². The Bertz CT molecular complexity index is 612. The van der Waals surface area contributed by atoms with Crippen LogP contribution in [0.1, 0.15) is 5.56 Å². The summed E-state index contributed by atoms with van der Waals surface area (Å²) < 4.78 is 26.5. The lowest BCUT2D eigenvalue weighted by Crippen LogP contribution is -2.12. The van der Waals surface area contributed by atoms with E-state index >= 15 is 0 Å². The average molecular weight is 283 g/mol. The third kappa shape index (κ3) is 3.00. The van der Waals surface area contributed by atoms with Crippen molar-refractivity contribution in [1.29, 1.82) is 0 Å². The van der Waals surface area contributed by atoms with Gasteiger partial charge in [-0.1, -0.05) is 12.1 Å². The molecule has 4 nitrogen and oxygen atoms in total. The zero-order valence-corrected chi connectivity index (χ0v) is 10.9. The van der Waals surface area contributed by atoms with Crippen LogP contribution in [0.5, 0.6) is 0 Å². The first kappa shape index (κ1) is 12.9. The van der Waals surface area contributed by atoms with Crippen LogP contribution in [0.3, 0.4) is 0 Å². The molecule has 0 fully saturated rings. The first-order valence-electron chi connectivity index (χ1n) is 5.19. The molecule has 0 aliphatic rings. The van der Waals surface area contributed by atoms with Gasteiger partial charge in [-0.3, -0.25) is 9.71 Å². The summed E-state index contributed by atoms with van der Waals surface area (Å²) >= 11 is 5.65. The molecule has 2 aromatic rings. The van der Waals surface area contributed by atoms with Gasteiger partial charge >= 0.3 is 0 Å². The maximum absolute atomic E-state index is 12.0. The summed E-state index contributed by atoms with van der Waals surface area (Å²) in [7, 11) is -3.57. The second-order valence-corrected chi connectivity index (χ2v) is 5.57. The van der Waals surface area contributed by atoms with Gasteiger partial charge in [-0.2, -0.15) is 0 Å². The first-order valence-corrected chi connectivity index (χ1v) is 7.21. The molecule has 2 rings (SSSR count). The molecule has 94 valence electrons. The fraction of sp³-hybridized carbons (Fsp3) is 0.0833. The van der Waals surface area contributed by atoms with E-state index in [9.17, 15) is 8.42 Å². The normalized spacial score (nSPS) is 11.2. The van der Waals surface area contributed by atoms with E-state index in [1.807, 2.05) is 0 Å². The van der Waals surface area contributed by atoms with E-state index in [1.165, 1.54) is 18.3 Å². The molecule has 0 bridgehead atoms. The summed E-state index contributed by atoms with van der Waals surface area (Å²) in [4.78, 5) is 4.04. The maximum Gasteiger partial charge on any atom is 0.261 e. The predicted octanol–water partition coefficient (Wildman–Crippen LogP) is 2.62. The largest absolute Gasteiger partial charge is 0.278 e. The third-order valence-corrected chi connectivity index (χ3v) is 4.01. The van der Waals surface area contributed by atoms with Crippen molar-refractivity contribution >= 4 is 27.3 Å². The number of pyridine rings is 1. The van der Waals surface area contributed by atoms with Gasteiger partial charge in [0.15, 0.2) is 0 Å². The molecule has 1 heterocycles. The van der Waals surface area contributed by atoms with E-state index in [4.69, 9.17) is 11.6 Å². The highest BCUT2D eigenvalue weighted by Crippen LogP contribution is 2.16. The molecule has 0 saturated carbocycles. The molecule has 6 heteroatoms. The minimum absolute atomic E-state index is 0.195. The standard InChI is InChI=1S/C12H11ClN2O2S/c13-8-10-3-5-12(6-4-10)18(16,17)15-11-2-1-7-14-9-11/h1-7,9,15H,8H2. The molecular formula is C12H11ClN2O2S. The smallest absolute Gasteiger partial charge is 0.261 e. The summed E-state index contributed by atoms with van der Waals surface area (Å²) in [5.41, 5.74) is 1.30. The van der Waals surface area contributed by atoms with Crippen molar-refractivity contribution < 1.29 is 8.42 Å². The van der Waals surface area contributed by atoms with Crippen LogP contribution in [0.25, 0.3) is 0 Å². The van der Waals surface area contributed by atoms with Crippen molar-refractivity contribution in [3.8, 4) is 0 Å². The molecular weight excluding hydrogens is 272 g/mol. The molecule has 0 saturated heterocycles. The van der Waals surface area contributed by atoms with Crippen molar-refractivity contribution in [3.05, 3.63) is 54.4 Å². The Morgan fingerprint density at radius 2 is 1.89 bits per heavy atom. The molecule has 0 unspecified atom stereocenters. The monoisotopic (exact) mass is 282 g/mol. The van der Waals surface area contributed by atoms with Crippen LogP contribution >= 0.6 is 11.6 Å². The summed E-state index contributed by atoms with van der Waals surface area (Å²) in [6.07, 6.45) is 3.03. The Kier molecular flexibility index (Phi) is 3.84. The summed E-state index contributed by atoms with van der Waals surface area (Å²) in [6.45, 7) is 0. The Morgan fingerprint density at radius 1 is 1.17 bits per heavy atom. The number of nitrogens with one attached hydrogen (secondary N) is 1.